The van der Waals surface area contributed by atoms with Gasteiger partial charge in [-0.25, -0.2) is 0 Å². The summed E-state index contributed by atoms with van der Waals surface area (Å²) in [5.74, 6) is 1.10. The van der Waals surface area contributed by atoms with Crippen LogP contribution in [0.1, 0.15) is 18.4 Å². The van der Waals surface area contributed by atoms with Gasteiger partial charge in [0.2, 0.25) is 5.91 Å². The lowest BCUT2D eigenvalue weighted by atomic mass is 9.97. The molecule has 1 amide bonds. The molecule has 0 spiro atoms. The third-order valence-corrected chi connectivity index (χ3v) is 3.78. The van der Waals surface area contributed by atoms with E-state index in [9.17, 15) is 4.79 Å². The summed E-state index contributed by atoms with van der Waals surface area (Å²) in [6.07, 6.45) is 1.50. The summed E-state index contributed by atoms with van der Waals surface area (Å²) in [6, 6.07) is 7.99. The molecule has 0 bridgehead atoms. The molecule has 2 aliphatic heterocycles. The topological polar surface area (TPSA) is 41.6 Å². The number of nitrogens with zero attached hydrogens (tertiary/aromatic N) is 1. The van der Waals surface area contributed by atoms with Crippen LogP contribution in [0.2, 0.25) is 0 Å². The van der Waals surface area contributed by atoms with Gasteiger partial charge in [0.1, 0.15) is 11.4 Å². The van der Waals surface area contributed by atoms with Crippen molar-refractivity contribution >= 4 is 5.91 Å². The molecule has 2 fully saturated rings. The molecule has 2 saturated heterocycles. The number of carbonyl (C=O) groups excluding carboxylic acids is 1. The second-order valence-corrected chi connectivity index (χ2v) is 4.56. The van der Waals surface area contributed by atoms with Crippen molar-refractivity contribution in [3.63, 3.8) is 0 Å². The lowest BCUT2D eigenvalue weighted by Crippen LogP contribution is -2.45. The average molecular weight is 232 g/mol. The van der Waals surface area contributed by atoms with Crippen molar-refractivity contribution in [3.05, 3.63) is 29.8 Å². The Hall–Kier alpha value is -1.55. The molecular weight excluding hydrogens is 216 g/mol. The number of carbonyl (C=O) groups is 1. The summed E-state index contributed by atoms with van der Waals surface area (Å²) in [4.78, 5) is 13.8. The van der Waals surface area contributed by atoms with Crippen LogP contribution in [0.15, 0.2) is 24.3 Å². The number of nitrogens with one attached hydrogen (secondary N) is 1. The first kappa shape index (κ1) is 10.6. The minimum atomic E-state index is -0.261. The van der Waals surface area contributed by atoms with Gasteiger partial charge in [-0.2, -0.15) is 0 Å². The van der Waals surface area contributed by atoms with E-state index in [1.807, 2.05) is 29.2 Å². The van der Waals surface area contributed by atoms with Gasteiger partial charge in [0.25, 0.3) is 0 Å². The third-order valence-electron chi connectivity index (χ3n) is 3.78. The Labute approximate surface area is 101 Å². The molecule has 1 aromatic carbocycles. The van der Waals surface area contributed by atoms with Crippen molar-refractivity contribution in [2.24, 2.45) is 0 Å². The Morgan fingerprint density at radius 1 is 1.35 bits per heavy atom. The highest BCUT2D eigenvalue weighted by Crippen LogP contribution is 2.39. The molecule has 2 aliphatic rings. The molecule has 1 aromatic rings. The Kier molecular flexibility index (Phi) is 2.33. The van der Waals surface area contributed by atoms with E-state index in [0.717, 1.165) is 30.8 Å². The zero-order chi connectivity index (χ0) is 11.9. The van der Waals surface area contributed by atoms with Crippen LogP contribution < -0.4 is 10.1 Å². The molecular formula is C13H16N2O2. The maximum absolute atomic E-state index is 11.8. The van der Waals surface area contributed by atoms with Gasteiger partial charge in [-0.1, -0.05) is 12.1 Å². The van der Waals surface area contributed by atoms with Gasteiger partial charge in [0, 0.05) is 19.5 Å². The number of benzene rings is 1. The maximum Gasteiger partial charge on any atom is 0.224 e. The molecule has 0 unspecified atom stereocenters. The van der Waals surface area contributed by atoms with Crippen molar-refractivity contribution in [3.8, 4) is 5.75 Å². The van der Waals surface area contributed by atoms with Crippen LogP contribution >= 0.6 is 0 Å². The Morgan fingerprint density at radius 2 is 2.12 bits per heavy atom. The molecule has 0 aliphatic carbocycles. The van der Waals surface area contributed by atoms with E-state index < -0.39 is 0 Å². The normalized spacial score (nSPS) is 27.4. The van der Waals surface area contributed by atoms with Crippen LogP contribution in [0.3, 0.4) is 0 Å². The molecule has 4 heteroatoms. The number of hydrogen-bond donors (Lipinski definition) is 1. The number of fused-ring (bicyclic) bond motifs is 1. The molecule has 17 heavy (non-hydrogen) atoms. The van der Waals surface area contributed by atoms with Gasteiger partial charge in [-0.15, -0.1) is 0 Å². The number of methoxy groups -OCH3 is 1. The van der Waals surface area contributed by atoms with Gasteiger partial charge in [0.15, 0.2) is 0 Å². The molecule has 0 saturated carbocycles. The molecule has 4 nitrogen and oxygen atoms in total. The fourth-order valence-electron chi connectivity index (χ4n) is 2.91. The van der Waals surface area contributed by atoms with E-state index >= 15 is 0 Å². The number of hydrogen-bond acceptors (Lipinski definition) is 3. The van der Waals surface area contributed by atoms with Crippen LogP contribution in [0, 0.1) is 0 Å². The highest BCUT2D eigenvalue weighted by Gasteiger charge is 2.49. The summed E-state index contributed by atoms with van der Waals surface area (Å²) in [6.45, 7) is 1.68. The molecule has 0 radical (unpaired) electrons. The second kappa shape index (κ2) is 3.74. The van der Waals surface area contributed by atoms with E-state index in [2.05, 4.69) is 5.32 Å². The van der Waals surface area contributed by atoms with Gasteiger partial charge >= 0.3 is 0 Å². The monoisotopic (exact) mass is 232 g/mol. The molecule has 3 rings (SSSR count). The maximum atomic E-state index is 11.8. The predicted octanol–water partition coefficient (Wildman–Crippen LogP) is 1.07. The number of ether oxygens (including phenoxy) is 1. The molecule has 1 N–H and O–H groups in total. The predicted molar refractivity (Wildman–Crippen MR) is 63.6 cm³/mol. The lowest BCUT2D eigenvalue weighted by molar-refractivity contribution is -0.130. The largest absolute Gasteiger partial charge is 0.497 e. The summed E-state index contributed by atoms with van der Waals surface area (Å²) in [5.41, 5.74) is 0.894. The van der Waals surface area contributed by atoms with Crippen LogP contribution in [-0.4, -0.2) is 31.0 Å². The van der Waals surface area contributed by atoms with E-state index in [-0.39, 0.29) is 11.6 Å². The Balaban J connectivity index is 1.98. The highest BCUT2D eigenvalue weighted by molar-refractivity contribution is 5.80. The molecule has 1 atom stereocenters. The van der Waals surface area contributed by atoms with Crippen molar-refractivity contribution in [1.29, 1.82) is 0 Å². The fourth-order valence-corrected chi connectivity index (χ4v) is 2.91. The van der Waals surface area contributed by atoms with Crippen molar-refractivity contribution in [2.45, 2.75) is 18.5 Å². The van der Waals surface area contributed by atoms with Crippen molar-refractivity contribution in [2.75, 3.05) is 20.2 Å². The van der Waals surface area contributed by atoms with E-state index in [1.54, 1.807) is 7.11 Å². The van der Waals surface area contributed by atoms with Crippen molar-refractivity contribution < 1.29 is 9.53 Å². The van der Waals surface area contributed by atoms with Crippen LogP contribution in [0.4, 0.5) is 0 Å². The minimum absolute atomic E-state index is 0.255. The summed E-state index contributed by atoms with van der Waals surface area (Å²) < 4.78 is 5.16. The average Bonchev–Trinajstić information content (AvgIpc) is 2.92. The summed E-state index contributed by atoms with van der Waals surface area (Å²) in [5, 5.41) is 3.48. The number of rotatable bonds is 2. The van der Waals surface area contributed by atoms with Gasteiger partial charge in [-0.05, 0) is 24.1 Å². The van der Waals surface area contributed by atoms with Gasteiger partial charge in [0.05, 0.1) is 7.11 Å². The smallest absolute Gasteiger partial charge is 0.224 e. The second-order valence-electron chi connectivity index (χ2n) is 4.56. The molecule has 0 aromatic heterocycles. The van der Waals surface area contributed by atoms with Crippen LogP contribution in [0.5, 0.6) is 5.75 Å². The van der Waals surface area contributed by atoms with Crippen LogP contribution in [-0.2, 0) is 10.5 Å². The van der Waals surface area contributed by atoms with Crippen molar-refractivity contribution in [1.82, 2.24) is 10.2 Å². The van der Waals surface area contributed by atoms with Gasteiger partial charge in [-0.3, -0.25) is 10.1 Å². The summed E-state index contributed by atoms with van der Waals surface area (Å²) in [7, 11) is 1.66. The first-order chi connectivity index (χ1) is 8.26. The zero-order valence-electron chi connectivity index (χ0n) is 9.90. The fraction of sp³-hybridized carbons (Fsp3) is 0.462. The highest BCUT2D eigenvalue weighted by atomic mass is 16.5. The lowest BCUT2D eigenvalue weighted by Gasteiger charge is -2.32. The number of amides is 1. The standard InChI is InChI=1S/C13H16N2O2/c1-17-11-4-2-10(3-5-11)13-7-6-12(16)15(13)9-8-14-13/h2-5,14H,6-9H2,1H3/t13-/m0/s1. The van der Waals surface area contributed by atoms with E-state index in [0.29, 0.717) is 6.42 Å². The SMILES string of the molecule is COc1ccc([C@]23CCC(=O)N2CCN3)cc1. The quantitative estimate of drug-likeness (QED) is 0.829. The first-order valence-electron chi connectivity index (χ1n) is 5.96. The van der Waals surface area contributed by atoms with E-state index in [1.165, 1.54) is 0 Å². The third kappa shape index (κ3) is 1.44. The van der Waals surface area contributed by atoms with Gasteiger partial charge < -0.3 is 9.64 Å². The Morgan fingerprint density at radius 3 is 2.82 bits per heavy atom. The minimum Gasteiger partial charge on any atom is -0.497 e. The first-order valence-corrected chi connectivity index (χ1v) is 5.96. The molecule has 2 heterocycles. The summed E-state index contributed by atoms with van der Waals surface area (Å²) >= 11 is 0. The van der Waals surface area contributed by atoms with Crippen LogP contribution in [0.25, 0.3) is 0 Å². The molecule has 90 valence electrons. The zero-order valence-corrected chi connectivity index (χ0v) is 9.90. The van der Waals surface area contributed by atoms with E-state index in [4.69, 9.17) is 4.74 Å². The Bertz CT molecular complexity index is 443.